The summed E-state index contributed by atoms with van der Waals surface area (Å²) in [6.07, 6.45) is 4.98. The molecule has 2 aliphatic heterocycles. The van der Waals surface area contributed by atoms with Crippen LogP contribution in [0, 0.1) is 5.92 Å². The maximum Gasteiger partial charge on any atom is 0.241 e. The number of anilines is 2. The Morgan fingerprint density at radius 1 is 1.19 bits per heavy atom. The molecule has 3 rings (SSSR count). The highest BCUT2D eigenvalue weighted by molar-refractivity contribution is 5.95. The molecule has 1 aromatic rings. The Hall–Kier alpha value is -1.55. The molecule has 0 bridgehead atoms. The number of piperidine rings is 1. The predicted molar refractivity (Wildman–Crippen MR) is 86.7 cm³/mol. The van der Waals surface area contributed by atoms with Crippen LogP contribution >= 0.6 is 0 Å². The monoisotopic (exact) mass is 287 g/mol. The van der Waals surface area contributed by atoms with E-state index in [1.807, 2.05) is 12.1 Å². The molecule has 2 atom stereocenters. The van der Waals surface area contributed by atoms with Crippen molar-refractivity contribution in [2.45, 2.75) is 38.6 Å². The zero-order valence-corrected chi connectivity index (χ0v) is 12.8. The van der Waals surface area contributed by atoms with E-state index in [0.29, 0.717) is 5.92 Å². The van der Waals surface area contributed by atoms with Gasteiger partial charge in [-0.1, -0.05) is 6.92 Å². The number of hydrogen-bond acceptors (Lipinski definition) is 3. The number of nitrogens with zero attached hydrogens (tertiary/aromatic N) is 1. The van der Waals surface area contributed by atoms with Gasteiger partial charge < -0.3 is 15.5 Å². The molecule has 4 nitrogen and oxygen atoms in total. The van der Waals surface area contributed by atoms with Gasteiger partial charge in [0, 0.05) is 24.5 Å². The van der Waals surface area contributed by atoms with E-state index in [-0.39, 0.29) is 11.9 Å². The van der Waals surface area contributed by atoms with Crippen molar-refractivity contribution >= 4 is 17.3 Å². The van der Waals surface area contributed by atoms with E-state index in [4.69, 9.17) is 0 Å². The van der Waals surface area contributed by atoms with Gasteiger partial charge in [0.2, 0.25) is 5.91 Å². The highest BCUT2D eigenvalue weighted by Crippen LogP contribution is 2.22. The van der Waals surface area contributed by atoms with Crippen molar-refractivity contribution in [1.82, 2.24) is 5.32 Å². The van der Waals surface area contributed by atoms with Crippen molar-refractivity contribution in [2.75, 3.05) is 29.9 Å². The number of hydrogen-bond donors (Lipinski definition) is 2. The van der Waals surface area contributed by atoms with Crippen LogP contribution in [0.25, 0.3) is 0 Å². The maximum absolute atomic E-state index is 12.2. The summed E-state index contributed by atoms with van der Waals surface area (Å²) in [6.45, 7) is 5.36. The molecule has 114 valence electrons. The Labute approximate surface area is 126 Å². The van der Waals surface area contributed by atoms with Gasteiger partial charge >= 0.3 is 0 Å². The highest BCUT2D eigenvalue weighted by atomic mass is 16.2. The summed E-state index contributed by atoms with van der Waals surface area (Å²) in [6, 6.07) is 8.22. The topological polar surface area (TPSA) is 44.4 Å². The fraction of sp³-hybridized carbons (Fsp3) is 0.588. The molecule has 2 unspecified atom stereocenters. The summed E-state index contributed by atoms with van der Waals surface area (Å²) in [7, 11) is 0. The van der Waals surface area contributed by atoms with Gasteiger partial charge in [-0.25, -0.2) is 0 Å². The summed E-state index contributed by atoms with van der Waals surface area (Å²) in [5.41, 5.74) is 2.15. The third-order valence-corrected chi connectivity index (χ3v) is 4.67. The second-order valence-corrected chi connectivity index (χ2v) is 6.28. The van der Waals surface area contributed by atoms with Crippen molar-refractivity contribution in [3.63, 3.8) is 0 Å². The lowest BCUT2D eigenvalue weighted by molar-refractivity contribution is -0.118. The van der Waals surface area contributed by atoms with E-state index >= 15 is 0 Å². The molecule has 0 radical (unpaired) electrons. The van der Waals surface area contributed by atoms with Crippen LogP contribution < -0.4 is 15.5 Å². The van der Waals surface area contributed by atoms with E-state index in [9.17, 15) is 4.79 Å². The second kappa shape index (κ2) is 6.48. The molecule has 0 aliphatic carbocycles. The first-order valence-electron chi connectivity index (χ1n) is 8.13. The Bertz CT molecular complexity index is 479. The van der Waals surface area contributed by atoms with Gasteiger partial charge in [0.05, 0.1) is 6.04 Å². The molecular formula is C17H25N3O. The molecule has 0 saturated carbocycles. The van der Waals surface area contributed by atoms with E-state index in [0.717, 1.165) is 31.7 Å². The summed E-state index contributed by atoms with van der Waals surface area (Å²) in [4.78, 5) is 14.7. The average molecular weight is 287 g/mol. The van der Waals surface area contributed by atoms with E-state index in [1.54, 1.807) is 0 Å². The molecule has 4 heteroatoms. The van der Waals surface area contributed by atoms with Crippen LogP contribution in [-0.2, 0) is 4.79 Å². The molecule has 0 aromatic heterocycles. The molecule has 21 heavy (non-hydrogen) atoms. The quantitative estimate of drug-likeness (QED) is 0.898. The van der Waals surface area contributed by atoms with Crippen molar-refractivity contribution in [3.8, 4) is 0 Å². The first-order valence-corrected chi connectivity index (χ1v) is 8.13. The predicted octanol–water partition coefficient (Wildman–Crippen LogP) is 2.61. The fourth-order valence-electron chi connectivity index (χ4n) is 3.31. The average Bonchev–Trinajstić information content (AvgIpc) is 2.95. The van der Waals surface area contributed by atoms with Crippen LogP contribution in [-0.4, -0.2) is 31.6 Å². The van der Waals surface area contributed by atoms with Gasteiger partial charge in [0.25, 0.3) is 0 Å². The third-order valence-electron chi connectivity index (χ3n) is 4.67. The summed E-state index contributed by atoms with van der Waals surface area (Å²) < 4.78 is 0. The first-order chi connectivity index (χ1) is 10.2. The first kappa shape index (κ1) is 14.4. The molecule has 2 heterocycles. The Balaban J connectivity index is 1.60. The normalized spacial score (nSPS) is 25.9. The van der Waals surface area contributed by atoms with Crippen LogP contribution in [0.15, 0.2) is 24.3 Å². The molecule has 2 N–H and O–H groups in total. The van der Waals surface area contributed by atoms with Gasteiger partial charge in [0.1, 0.15) is 0 Å². The number of benzene rings is 1. The van der Waals surface area contributed by atoms with Crippen LogP contribution in [0.1, 0.15) is 32.6 Å². The highest BCUT2D eigenvalue weighted by Gasteiger charge is 2.29. The summed E-state index contributed by atoms with van der Waals surface area (Å²) in [5.74, 6) is 0.503. The van der Waals surface area contributed by atoms with Crippen molar-refractivity contribution in [2.24, 2.45) is 5.92 Å². The summed E-state index contributed by atoms with van der Waals surface area (Å²) >= 11 is 0. The van der Waals surface area contributed by atoms with Crippen LogP contribution in [0.5, 0.6) is 0 Å². The molecule has 2 fully saturated rings. The lowest BCUT2D eigenvalue weighted by Gasteiger charge is -2.29. The standard InChI is InChI=1S/C17H25N3O/c1-13-9-10-18-16(13)17(21)19-14-5-7-15(8-6-14)20-11-3-2-4-12-20/h5-8,13,16,18H,2-4,9-12H2,1H3,(H,19,21). The van der Waals surface area contributed by atoms with E-state index < -0.39 is 0 Å². The molecule has 2 saturated heterocycles. The fourth-order valence-corrected chi connectivity index (χ4v) is 3.31. The number of nitrogens with one attached hydrogen (secondary N) is 2. The van der Waals surface area contributed by atoms with Crippen molar-refractivity contribution < 1.29 is 4.79 Å². The number of carbonyl (C=O) groups excluding carboxylic acids is 1. The van der Waals surface area contributed by atoms with E-state index in [2.05, 4.69) is 34.6 Å². The molecule has 2 aliphatic rings. The second-order valence-electron chi connectivity index (χ2n) is 6.28. The largest absolute Gasteiger partial charge is 0.372 e. The van der Waals surface area contributed by atoms with Gasteiger partial charge in [-0.05, 0) is 62.4 Å². The van der Waals surface area contributed by atoms with Crippen molar-refractivity contribution in [1.29, 1.82) is 0 Å². The lowest BCUT2D eigenvalue weighted by atomic mass is 10.0. The minimum Gasteiger partial charge on any atom is -0.372 e. The minimum atomic E-state index is -0.0493. The van der Waals surface area contributed by atoms with Crippen LogP contribution in [0.2, 0.25) is 0 Å². The van der Waals surface area contributed by atoms with Crippen LogP contribution in [0.4, 0.5) is 11.4 Å². The van der Waals surface area contributed by atoms with Crippen molar-refractivity contribution in [3.05, 3.63) is 24.3 Å². The SMILES string of the molecule is CC1CCNC1C(=O)Nc1ccc(N2CCCCC2)cc1. The molecule has 0 spiro atoms. The minimum absolute atomic E-state index is 0.0493. The van der Waals surface area contributed by atoms with Crippen LogP contribution in [0.3, 0.4) is 0 Å². The number of carbonyl (C=O) groups is 1. The Morgan fingerprint density at radius 3 is 2.52 bits per heavy atom. The van der Waals surface area contributed by atoms with Gasteiger partial charge in [0.15, 0.2) is 0 Å². The maximum atomic E-state index is 12.2. The number of amides is 1. The molecular weight excluding hydrogens is 262 g/mol. The van der Waals surface area contributed by atoms with E-state index in [1.165, 1.54) is 24.9 Å². The zero-order chi connectivity index (χ0) is 14.7. The Kier molecular flexibility index (Phi) is 4.44. The number of rotatable bonds is 3. The summed E-state index contributed by atoms with van der Waals surface area (Å²) in [5, 5.41) is 6.29. The zero-order valence-electron chi connectivity index (χ0n) is 12.8. The molecule has 1 amide bonds. The molecule has 1 aromatic carbocycles. The van der Waals surface area contributed by atoms with Gasteiger partial charge in [-0.3, -0.25) is 4.79 Å². The Morgan fingerprint density at radius 2 is 1.90 bits per heavy atom. The van der Waals surface area contributed by atoms with Gasteiger partial charge in [-0.15, -0.1) is 0 Å². The third kappa shape index (κ3) is 3.38. The lowest BCUT2D eigenvalue weighted by Crippen LogP contribution is -2.39. The van der Waals surface area contributed by atoms with Gasteiger partial charge in [-0.2, -0.15) is 0 Å². The smallest absolute Gasteiger partial charge is 0.241 e.